The summed E-state index contributed by atoms with van der Waals surface area (Å²) in [6, 6.07) is 0. The molecule has 0 spiro atoms. The maximum Gasteiger partial charge on any atom is 0.212 e. The zero-order valence-electron chi connectivity index (χ0n) is 8.60. The Balaban J connectivity index is 2.02. The summed E-state index contributed by atoms with van der Waals surface area (Å²) in [5, 5.41) is 0. The first-order chi connectivity index (χ1) is 7.77. The van der Waals surface area contributed by atoms with Gasteiger partial charge in [0.15, 0.2) is 5.78 Å². The number of nitrogens with zero attached hydrogens (tertiary/aromatic N) is 2. The Morgan fingerprint density at radius 2 is 2.00 bits per heavy atom. The second kappa shape index (κ2) is 3.52. The number of hydrogen-bond acceptors (Lipinski definition) is 5. The molecule has 16 heavy (non-hydrogen) atoms. The summed E-state index contributed by atoms with van der Waals surface area (Å²) in [5.41, 5.74) is 1.02. The van der Waals surface area contributed by atoms with Gasteiger partial charge in [0.2, 0.25) is 5.78 Å². The molecule has 1 saturated heterocycles. The average Bonchev–Trinajstić information content (AvgIpc) is 2.92. The monoisotopic (exact) mass is 234 g/mol. The number of Topliss-reactive ketones (excluding diaryl/α,β-unsaturated/α-hetero) is 1. The van der Waals surface area contributed by atoms with Gasteiger partial charge >= 0.3 is 0 Å². The van der Waals surface area contributed by atoms with E-state index in [0.717, 1.165) is 37.5 Å². The molecule has 0 unspecified atom stereocenters. The summed E-state index contributed by atoms with van der Waals surface area (Å²) in [7, 11) is 0. The number of fused-ring (bicyclic) bond motifs is 1. The molecule has 1 fully saturated rings. The summed E-state index contributed by atoms with van der Waals surface area (Å²) < 4.78 is 3.91. The fraction of sp³-hybridized carbons (Fsp3) is 0.364. The van der Waals surface area contributed by atoms with Crippen LogP contribution in [-0.2, 0) is 0 Å². The van der Waals surface area contributed by atoms with Crippen LogP contribution in [0.1, 0.15) is 32.9 Å². The maximum atomic E-state index is 12.1. The highest BCUT2D eigenvalue weighted by atomic mass is 32.1. The normalized spacial score (nSPS) is 20.0. The number of carbonyl (C=O) groups excluding carboxylic acids is 2. The van der Waals surface area contributed by atoms with Crippen LogP contribution in [0.3, 0.4) is 0 Å². The van der Waals surface area contributed by atoms with Gasteiger partial charge < -0.3 is 4.90 Å². The van der Waals surface area contributed by atoms with Gasteiger partial charge in [0.1, 0.15) is 4.88 Å². The Hall–Kier alpha value is -1.49. The lowest BCUT2D eigenvalue weighted by molar-refractivity contribution is 0.0959. The van der Waals surface area contributed by atoms with Crippen molar-refractivity contribution in [2.75, 3.05) is 13.1 Å². The quantitative estimate of drug-likeness (QED) is 0.739. The minimum absolute atomic E-state index is 0.0507. The van der Waals surface area contributed by atoms with Crippen LogP contribution in [0.4, 0.5) is 0 Å². The molecule has 3 rings (SSSR count). The second-order valence-corrected chi connectivity index (χ2v) is 4.79. The topological polar surface area (TPSA) is 50.3 Å². The molecular formula is C11H10N2O2S. The number of aromatic nitrogens is 1. The fourth-order valence-electron chi connectivity index (χ4n) is 2.17. The molecule has 0 N–H and O–H groups in total. The van der Waals surface area contributed by atoms with Crippen LogP contribution >= 0.6 is 11.5 Å². The molecular weight excluding hydrogens is 224 g/mol. The first kappa shape index (κ1) is 9.72. The Bertz CT molecular complexity index is 498. The predicted octanol–water partition coefficient (Wildman–Crippen LogP) is 1.50. The minimum atomic E-state index is -0.0843. The molecule has 0 atom stereocenters. The predicted molar refractivity (Wildman–Crippen MR) is 59.7 cm³/mol. The van der Waals surface area contributed by atoms with E-state index in [1.165, 1.54) is 12.3 Å². The summed E-state index contributed by atoms with van der Waals surface area (Å²) in [6.07, 6.45) is 5.15. The lowest BCUT2D eigenvalue weighted by Crippen LogP contribution is -2.28. The number of likely N-dealkylation sites (tertiary alicyclic amines) is 1. The van der Waals surface area contributed by atoms with Gasteiger partial charge in [-0.2, -0.15) is 4.37 Å². The van der Waals surface area contributed by atoms with Crippen LogP contribution in [0.5, 0.6) is 0 Å². The van der Waals surface area contributed by atoms with E-state index in [2.05, 4.69) is 4.37 Å². The lowest BCUT2D eigenvalue weighted by Gasteiger charge is -2.22. The van der Waals surface area contributed by atoms with Crippen molar-refractivity contribution in [3.63, 3.8) is 0 Å². The molecule has 0 radical (unpaired) electrons. The molecule has 2 heterocycles. The molecule has 82 valence electrons. The van der Waals surface area contributed by atoms with Gasteiger partial charge in [0, 0.05) is 19.2 Å². The van der Waals surface area contributed by atoms with E-state index in [9.17, 15) is 9.59 Å². The van der Waals surface area contributed by atoms with Crippen LogP contribution < -0.4 is 0 Å². The van der Waals surface area contributed by atoms with Gasteiger partial charge in [-0.25, -0.2) is 0 Å². The third kappa shape index (κ3) is 1.31. The first-order valence-electron chi connectivity index (χ1n) is 5.28. The van der Waals surface area contributed by atoms with Crippen molar-refractivity contribution in [3.8, 4) is 0 Å². The molecule has 0 amide bonds. The SMILES string of the molecule is O=C1C(N2CCCC2)=CC(=O)c2sncc21. The highest BCUT2D eigenvalue weighted by molar-refractivity contribution is 7.08. The van der Waals surface area contributed by atoms with Crippen molar-refractivity contribution in [2.24, 2.45) is 0 Å². The van der Waals surface area contributed by atoms with Gasteiger partial charge in [0.05, 0.1) is 17.5 Å². The van der Waals surface area contributed by atoms with Gasteiger partial charge in [-0.15, -0.1) is 0 Å². The van der Waals surface area contributed by atoms with E-state index in [-0.39, 0.29) is 11.6 Å². The minimum Gasteiger partial charge on any atom is -0.368 e. The van der Waals surface area contributed by atoms with E-state index in [1.54, 1.807) is 0 Å². The van der Waals surface area contributed by atoms with E-state index < -0.39 is 0 Å². The van der Waals surface area contributed by atoms with E-state index >= 15 is 0 Å². The van der Waals surface area contributed by atoms with Crippen molar-refractivity contribution < 1.29 is 9.59 Å². The molecule has 0 saturated carbocycles. The van der Waals surface area contributed by atoms with E-state index in [1.807, 2.05) is 4.90 Å². The lowest BCUT2D eigenvalue weighted by atomic mass is 10.0. The standard InChI is InChI=1S/C11H10N2O2S/c14-9-5-8(13-3-1-2-4-13)10(15)7-6-12-16-11(7)9/h5-6H,1-4H2. The fourth-order valence-corrected chi connectivity index (χ4v) is 2.82. The zero-order valence-corrected chi connectivity index (χ0v) is 9.42. The first-order valence-corrected chi connectivity index (χ1v) is 6.05. The van der Waals surface area contributed by atoms with Crippen LogP contribution in [0.15, 0.2) is 18.0 Å². The summed E-state index contributed by atoms with van der Waals surface area (Å²) in [4.78, 5) is 26.4. The number of ketones is 2. The van der Waals surface area contributed by atoms with Crippen molar-refractivity contribution in [1.29, 1.82) is 0 Å². The largest absolute Gasteiger partial charge is 0.368 e. The Morgan fingerprint density at radius 1 is 1.25 bits per heavy atom. The van der Waals surface area contributed by atoms with Crippen LogP contribution in [-0.4, -0.2) is 33.9 Å². The number of hydrogen-bond donors (Lipinski definition) is 0. The van der Waals surface area contributed by atoms with Crippen LogP contribution in [0, 0.1) is 0 Å². The molecule has 5 heteroatoms. The summed E-state index contributed by atoms with van der Waals surface area (Å²) in [6.45, 7) is 1.75. The van der Waals surface area contributed by atoms with Crippen molar-refractivity contribution in [2.45, 2.75) is 12.8 Å². The molecule has 0 aromatic carbocycles. The second-order valence-electron chi connectivity index (χ2n) is 3.99. The molecule has 1 aromatic heterocycles. The van der Waals surface area contributed by atoms with Gasteiger partial charge in [-0.05, 0) is 24.4 Å². The van der Waals surface area contributed by atoms with E-state index in [4.69, 9.17) is 0 Å². The highest BCUT2D eigenvalue weighted by Crippen LogP contribution is 2.27. The molecule has 1 aliphatic heterocycles. The zero-order chi connectivity index (χ0) is 11.1. The van der Waals surface area contributed by atoms with E-state index in [0.29, 0.717) is 16.1 Å². The summed E-state index contributed by atoms with van der Waals surface area (Å²) >= 11 is 1.10. The Morgan fingerprint density at radius 3 is 2.75 bits per heavy atom. The van der Waals surface area contributed by atoms with Gasteiger partial charge in [-0.1, -0.05) is 0 Å². The van der Waals surface area contributed by atoms with Crippen LogP contribution in [0.25, 0.3) is 0 Å². The Kier molecular flexibility index (Phi) is 2.14. The third-order valence-electron chi connectivity index (χ3n) is 2.99. The molecule has 1 aliphatic carbocycles. The van der Waals surface area contributed by atoms with Gasteiger partial charge in [-0.3, -0.25) is 9.59 Å². The number of allylic oxidation sites excluding steroid dienone is 2. The average molecular weight is 234 g/mol. The molecule has 2 aliphatic rings. The molecule has 1 aromatic rings. The van der Waals surface area contributed by atoms with Crippen molar-refractivity contribution >= 4 is 23.1 Å². The smallest absolute Gasteiger partial charge is 0.212 e. The molecule has 4 nitrogen and oxygen atoms in total. The third-order valence-corrected chi connectivity index (χ3v) is 3.80. The van der Waals surface area contributed by atoms with Crippen molar-refractivity contribution in [3.05, 3.63) is 28.4 Å². The Labute approximate surface area is 96.7 Å². The maximum absolute atomic E-state index is 12.1. The molecule has 0 bridgehead atoms. The van der Waals surface area contributed by atoms with Crippen molar-refractivity contribution in [1.82, 2.24) is 9.27 Å². The van der Waals surface area contributed by atoms with Gasteiger partial charge in [0.25, 0.3) is 0 Å². The van der Waals surface area contributed by atoms with Crippen LogP contribution in [0.2, 0.25) is 0 Å². The summed E-state index contributed by atoms with van der Waals surface area (Å²) in [5.74, 6) is -0.135. The highest BCUT2D eigenvalue weighted by Gasteiger charge is 2.31. The number of carbonyl (C=O) groups is 2. The number of rotatable bonds is 1.